The van der Waals surface area contributed by atoms with E-state index in [0.717, 1.165) is 42.7 Å². The summed E-state index contributed by atoms with van der Waals surface area (Å²) in [7, 11) is 1.70. The molecule has 3 rings (SSSR count). The minimum absolute atomic E-state index is 0.147. The molecule has 1 aliphatic rings. The third kappa shape index (κ3) is 10.4. The lowest BCUT2D eigenvalue weighted by Crippen LogP contribution is -2.31. The molecule has 0 aromatic heterocycles. The van der Waals surface area contributed by atoms with Crippen molar-refractivity contribution in [3.05, 3.63) is 58.7 Å². The summed E-state index contributed by atoms with van der Waals surface area (Å²) >= 11 is 0. The molecule has 0 saturated carbocycles. The van der Waals surface area contributed by atoms with Gasteiger partial charge < -0.3 is 9.47 Å². The average molecular weight is 571 g/mol. The second-order valence-corrected chi connectivity index (χ2v) is 11.6. The summed E-state index contributed by atoms with van der Waals surface area (Å²) in [5.74, 6) is 0.664. The first kappa shape index (κ1) is 33.1. The van der Waals surface area contributed by atoms with Crippen molar-refractivity contribution in [1.82, 2.24) is 0 Å². The molecule has 0 spiro atoms. The molecule has 1 heterocycles. The molecule has 2 aromatic rings. The third-order valence-corrected chi connectivity index (χ3v) is 8.44. The highest BCUT2D eigenvalue weighted by Crippen LogP contribution is 2.37. The first-order valence-corrected chi connectivity index (χ1v) is 16.5. The molecule has 0 amide bonds. The van der Waals surface area contributed by atoms with E-state index in [2.05, 4.69) is 24.5 Å². The average Bonchev–Trinajstić information content (AvgIpc) is 2.98. The standard InChI is InChI=1S/C36H54F2NO2/c1-4-6-8-10-12-13-14-15-17-22-34-29-23-24-35(40-3)36(41-27-18-16-11-9-7-5-2)30(29)25-26-39(34)28-31-32(37)20-19-21-33(31)38/h19-21,23-24H,4-18,22,25-28H2,1-3H3/q+1. The number of hydrogen-bond acceptors (Lipinski definition) is 2. The van der Waals surface area contributed by atoms with Gasteiger partial charge in [0.05, 0.1) is 19.3 Å². The Balaban J connectivity index is 1.76. The minimum Gasteiger partial charge on any atom is -0.493 e. The van der Waals surface area contributed by atoms with Gasteiger partial charge in [-0.05, 0) is 37.1 Å². The van der Waals surface area contributed by atoms with E-state index in [1.807, 2.05) is 6.07 Å². The number of nitrogens with zero attached hydrogens (tertiary/aromatic N) is 1. The second kappa shape index (κ2) is 18.9. The van der Waals surface area contributed by atoms with Crippen LogP contribution in [0.15, 0.2) is 30.3 Å². The second-order valence-electron chi connectivity index (χ2n) is 11.6. The number of ether oxygens (including phenoxy) is 2. The topological polar surface area (TPSA) is 21.5 Å². The Bertz CT molecular complexity index is 1060. The summed E-state index contributed by atoms with van der Waals surface area (Å²) in [5, 5.41) is 0. The van der Waals surface area contributed by atoms with Crippen LogP contribution in [0.4, 0.5) is 8.78 Å². The highest BCUT2D eigenvalue weighted by atomic mass is 19.1. The van der Waals surface area contributed by atoms with Crippen molar-refractivity contribution < 1.29 is 22.8 Å². The Morgan fingerprint density at radius 2 is 1.32 bits per heavy atom. The Labute approximate surface area is 248 Å². The van der Waals surface area contributed by atoms with Crippen molar-refractivity contribution in [2.24, 2.45) is 0 Å². The molecule has 228 valence electrons. The van der Waals surface area contributed by atoms with Crippen LogP contribution in [-0.4, -0.2) is 30.5 Å². The van der Waals surface area contributed by atoms with E-state index in [9.17, 15) is 8.78 Å². The number of hydrogen-bond donors (Lipinski definition) is 0. The Morgan fingerprint density at radius 1 is 0.732 bits per heavy atom. The zero-order valence-corrected chi connectivity index (χ0v) is 26.0. The summed E-state index contributed by atoms with van der Waals surface area (Å²) in [5.41, 5.74) is 3.63. The van der Waals surface area contributed by atoms with Gasteiger partial charge in [-0.3, -0.25) is 0 Å². The maximum Gasteiger partial charge on any atom is 0.184 e. The Morgan fingerprint density at radius 3 is 1.93 bits per heavy atom. The summed E-state index contributed by atoms with van der Waals surface area (Å²) in [4.78, 5) is 0. The molecule has 0 unspecified atom stereocenters. The molecule has 0 saturated heterocycles. The summed E-state index contributed by atoms with van der Waals surface area (Å²) in [6.07, 6.45) is 20.3. The zero-order valence-electron chi connectivity index (χ0n) is 26.0. The van der Waals surface area contributed by atoms with Crippen LogP contribution < -0.4 is 9.47 Å². The molecule has 3 nitrogen and oxygen atoms in total. The van der Waals surface area contributed by atoms with Crippen LogP contribution in [0.2, 0.25) is 0 Å². The molecule has 41 heavy (non-hydrogen) atoms. The lowest BCUT2D eigenvalue weighted by molar-refractivity contribution is -0.546. The molecule has 0 N–H and O–H groups in total. The lowest BCUT2D eigenvalue weighted by atomic mass is 9.91. The molecule has 2 aromatic carbocycles. The van der Waals surface area contributed by atoms with Gasteiger partial charge in [-0.25, -0.2) is 13.4 Å². The van der Waals surface area contributed by atoms with Gasteiger partial charge in [-0.15, -0.1) is 0 Å². The van der Waals surface area contributed by atoms with E-state index in [-0.39, 0.29) is 12.1 Å². The van der Waals surface area contributed by atoms with Crippen LogP contribution in [0.5, 0.6) is 11.5 Å². The maximum absolute atomic E-state index is 14.7. The van der Waals surface area contributed by atoms with E-state index in [4.69, 9.17) is 9.47 Å². The Kier molecular flexibility index (Phi) is 15.2. The predicted molar refractivity (Wildman–Crippen MR) is 167 cm³/mol. The van der Waals surface area contributed by atoms with Crippen molar-refractivity contribution in [3.63, 3.8) is 0 Å². The summed E-state index contributed by atoms with van der Waals surface area (Å²) in [6.45, 7) is 6.12. The number of halogens is 2. The highest BCUT2D eigenvalue weighted by molar-refractivity contribution is 5.99. The van der Waals surface area contributed by atoms with E-state index in [0.29, 0.717) is 13.2 Å². The van der Waals surface area contributed by atoms with Gasteiger partial charge in [0.25, 0.3) is 0 Å². The fraction of sp³-hybridized carbons (Fsp3) is 0.639. The fourth-order valence-electron chi connectivity index (χ4n) is 6.00. The highest BCUT2D eigenvalue weighted by Gasteiger charge is 2.30. The normalized spacial score (nSPS) is 13.0. The smallest absolute Gasteiger partial charge is 0.184 e. The molecule has 0 radical (unpaired) electrons. The first-order valence-electron chi connectivity index (χ1n) is 16.5. The minimum atomic E-state index is -0.476. The van der Waals surface area contributed by atoms with Gasteiger partial charge in [0.1, 0.15) is 18.2 Å². The number of rotatable bonds is 21. The SMILES string of the molecule is CCCCCCCCCCCC1=[N+](Cc2c(F)cccc2F)CCc2c1ccc(OC)c2OCCCCCCCC. The van der Waals surface area contributed by atoms with Crippen LogP contribution in [0, 0.1) is 11.6 Å². The van der Waals surface area contributed by atoms with Gasteiger partial charge in [0.15, 0.2) is 23.8 Å². The predicted octanol–water partition coefficient (Wildman–Crippen LogP) is 10.2. The number of methoxy groups -OCH3 is 1. The van der Waals surface area contributed by atoms with Crippen molar-refractivity contribution >= 4 is 5.71 Å². The number of unbranched alkanes of at least 4 members (excludes halogenated alkanes) is 13. The van der Waals surface area contributed by atoms with E-state index < -0.39 is 11.6 Å². The maximum atomic E-state index is 14.7. The molecule has 0 fully saturated rings. The lowest BCUT2D eigenvalue weighted by Gasteiger charge is -2.23. The quantitative estimate of drug-likeness (QED) is 0.110. The molecule has 1 aliphatic heterocycles. The van der Waals surface area contributed by atoms with Crippen molar-refractivity contribution in [2.75, 3.05) is 20.3 Å². The molecule has 0 aliphatic carbocycles. The first-order chi connectivity index (χ1) is 20.1. The fourth-order valence-corrected chi connectivity index (χ4v) is 6.00. The van der Waals surface area contributed by atoms with Gasteiger partial charge in [0, 0.05) is 24.0 Å². The van der Waals surface area contributed by atoms with Crippen LogP contribution in [0.3, 0.4) is 0 Å². The number of fused-ring (bicyclic) bond motifs is 1. The largest absolute Gasteiger partial charge is 0.493 e. The molecule has 5 heteroatoms. The van der Waals surface area contributed by atoms with Crippen LogP contribution >= 0.6 is 0 Å². The van der Waals surface area contributed by atoms with Gasteiger partial charge in [-0.1, -0.05) is 103 Å². The Hall–Kier alpha value is -2.43. The van der Waals surface area contributed by atoms with Crippen molar-refractivity contribution in [2.45, 2.75) is 130 Å². The van der Waals surface area contributed by atoms with Crippen molar-refractivity contribution in [3.8, 4) is 11.5 Å². The van der Waals surface area contributed by atoms with Crippen molar-refractivity contribution in [1.29, 1.82) is 0 Å². The molecule has 0 bridgehead atoms. The molecular formula is C36H54F2NO2+. The van der Waals surface area contributed by atoms with E-state index in [1.165, 1.54) is 113 Å². The van der Waals surface area contributed by atoms with Gasteiger partial charge >= 0.3 is 0 Å². The molecular weight excluding hydrogens is 516 g/mol. The third-order valence-electron chi connectivity index (χ3n) is 8.44. The monoisotopic (exact) mass is 570 g/mol. The van der Waals surface area contributed by atoms with Crippen LogP contribution in [0.25, 0.3) is 0 Å². The van der Waals surface area contributed by atoms with Crippen LogP contribution in [0.1, 0.15) is 133 Å². The van der Waals surface area contributed by atoms with Gasteiger partial charge in [-0.2, -0.15) is 0 Å². The van der Waals surface area contributed by atoms with Gasteiger partial charge in [0.2, 0.25) is 0 Å². The summed E-state index contributed by atoms with van der Waals surface area (Å²) < 4.78 is 43.6. The number of benzene rings is 2. The van der Waals surface area contributed by atoms with Crippen LogP contribution in [-0.2, 0) is 13.0 Å². The zero-order chi connectivity index (χ0) is 29.3. The summed E-state index contributed by atoms with van der Waals surface area (Å²) in [6, 6.07) is 8.27. The van der Waals surface area contributed by atoms with E-state index >= 15 is 0 Å². The van der Waals surface area contributed by atoms with E-state index in [1.54, 1.807) is 7.11 Å². The molecule has 0 atom stereocenters.